The van der Waals surface area contributed by atoms with Crippen LogP contribution < -0.4 is 16.0 Å². The van der Waals surface area contributed by atoms with Gasteiger partial charge in [-0.1, -0.05) is 31.6 Å². The molecule has 3 amide bonds. The van der Waals surface area contributed by atoms with E-state index in [-0.39, 0.29) is 24.0 Å². The highest BCUT2D eigenvalue weighted by molar-refractivity contribution is 8.00. The molecule has 2 fully saturated rings. The number of unbranched alkanes of at least 4 members (excludes halogenated alkanes) is 1. The first-order valence-electron chi connectivity index (χ1n) is 8.82. The lowest BCUT2D eigenvalue weighted by Gasteiger charge is -2.16. The molecule has 0 radical (unpaired) electrons. The minimum Gasteiger partial charge on any atom is -0.332 e. The maximum Gasteiger partial charge on any atom is 0.315 e. The topological polar surface area (TPSA) is 96.0 Å². The van der Waals surface area contributed by atoms with Gasteiger partial charge in [-0.25, -0.2) is 4.79 Å². The molecular weight excluding hydrogens is 358 g/mol. The Bertz CT molecular complexity index is 621. The predicted octanol–water partition coefficient (Wildman–Crippen LogP) is 2.40. The first-order chi connectivity index (χ1) is 12.0. The molecule has 0 bridgehead atoms. The van der Waals surface area contributed by atoms with Gasteiger partial charge in [0.1, 0.15) is 5.01 Å². The van der Waals surface area contributed by atoms with E-state index in [1.54, 1.807) is 0 Å². The first kappa shape index (κ1) is 18.4. The quantitative estimate of drug-likeness (QED) is 0.473. The van der Waals surface area contributed by atoms with Crippen LogP contribution in [-0.4, -0.2) is 45.2 Å². The van der Waals surface area contributed by atoms with Crippen LogP contribution in [-0.2, 0) is 11.2 Å². The summed E-state index contributed by atoms with van der Waals surface area (Å²) in [5.41, 5.74) is 0. The third kappa shape index (κ3) is 5.07. The van der Waals surface area contributed by atoms with Crippen LogP contribution in [0.25, 0.3) is 0 Å². The van der Waals surface area contributed by atoms with Crippen LogP contribution in [0.5, 0.6) is 0 Å². The molecule has 2 aliphatic rings. The highest BCUT2D eigenvalue weighted by atomic mass is 32.2. The monoisotopic (exact) mass is 383 g/mol. The molecule has 0 spiro atoms. The number of rotatable bonds is 8. The standard InChI is InChI=1S/C16H25N5O2S2/c1-9(2)7-13-20-21-16(25-13)18-12(22)6-4-3-5-11-14-10(8-24-11)17-15(23)19-14/h9-11,14H,3-8H2,1-2H3,(H2,17,19,23)(H,18,21,22). The van der Waals surface area contributed by atoms with Gasteiger partial charge in [-0.05, 0) is 18.8 Å². The van der Waals surface area contributed by atoms with E-state index in [0.717, 1.165) is 36.4 Å². The molecule has 138 valence electrons. The summed E-state index contributed by atoms with van der Waals surface area (Å²) >= 11 is 3.37. The SMILES string of the molecule is CC(C)Cc1nnc(NC(=O)CCCCC2SCC3NC(=O)NC32)s1. The Kier molecular flexibility index (Phi) is 6.16. The lowest BCUT2D eigenvalue weighted by Crippen LogP contribution is -2.36. The first-order valence-corrected chi connectivity index (χ1v) is 10.7. The van der Waals surface area contributed by atoms with Crippen LogP contribution >= 0.6 is 23.1 Å². The largest absolute Gasteiger partial charge is 0.332 e. The van der Waals surface area contributed by atoms with Crippen molar-refractivity contribution in [2.45, 2.75) is 63.3 Å². The number of thioether (sulfide) groups is 1. The second kappa shape index (κ2) is 8.35. The van der Waals surface area contributed by atoms with E-state index in [1.165, 1.54) is 11.3 Å². The fraction of sp³-hybridized carbons (Fsp3) is 0.750. The van der Waals surface area contributed by atoms with Gasteiger partial charge >= 0.3 is 6.03 Å². The summed E-state index contributed by atoms with van der Waals surface area (Å²) in [7, 11) is 0. The summed E-state index contributed by atoms with van der Waals surface area (Å²) in [5.74, 6) is 1.51. The van der Waals surface area contributed by atoms with Gasteiger partial charge in [-0.2, -0.15) is 11.8 Å². The minimum atomic E-state index is -0.0476. The Balaban J connectivity index is 1.33. The number of urea groups is 1. The van der Waals surface area contributed by atoms with Crippen LogP contribution in [0.4, 0.5) is 9.93 Å². The Labute approximate surface area is 156 Å². The Morgan fingerprint density at radius 2 is 2.16 bits per heavy atom. The second-order valence-electron chi connectivity index (χ2n) is 7.01. The number of hydrogen-bond acceptors (Lipinski definition) is 6. The fourth-order valence-corrected chi connectivity index (χ4v) is 5.70. The molecule has 3 atom stereocenters. The van der Waals surface area contributed by atoms with Crippen molar-refractivity contribution >= 4 is 40.2 Å². The van der Waals surface area contributed by atoms with E-state index in [9.17, 15) is 9.59 Å². The highest BCUT2D eigenvalue weighted by Gasteiger charge is 2.42. The summed E-state index contributed by atoms with van der Waals surface area (Å²) < 4.78 is 0. The maximum absolute atomic E-state index is 12.0. The lowest BCUT2D eigenvalue weighted by molar-refractivity contribution is -0.116. The van der Waals surface area contributed by atoms with Crippen LogP contribution in [0.3, 0.4) is 0 Å². The van der Waals surface area contributed by atoms with Crippen molar-refractivity contribution in [2.24, 2.45) is 5.92 Å². The molecule has 1 aromatic heterocycles. The molecule has 0 aromatic carbocycles. The van der Waals surface area contributed by atoms with Gasteiger partial charge in [0.05, 0.1) is 12.1 Å². The number of nitrogens with zero attached hydrogens (tertiary/aromatic N) is 2. The zero-order valence-corrected chi connectivity index (χ0v) is 16.2. The average Bonchev–Trinajstić information content (AvgIpc) is 3.20. The molecule has 0 aliphatic carbocycles. The zero-order chi connectivity index (χ0) is 17.8. The summed E-state index contributed by atoms with van der Waals surface area (Å²) in [6, 6.07) is 0.462. The number of nitrogens with one attached hydrogen (secondary N) is 3. The van der Waals surface area contributed by atoms with Gasteiger partial charge in [-0.3, -0.25) is 4.79 Å². The molecule has 2 aliphatic heterocycles. The third-order valence-electron chi connectivity index (χ3n) is 4.38. The highest BCUT2D eigenvalue weighted by Crippen LogP contribution is 2.33. The Morgan fingerprint density at radius 3 is 2.96 bits per heavy atom. The number of amides is 3. The summed E-state index contributed by atoms with van der Waals surface area (Å²) in [6.45, 7) is 4.27. The van der Waals surface area contributed by atoms with Crippen LogP contribution in [0.1, 0.15) is 44.5 Å². The summed E-state index contributed by atoms with van der Waals surface area (Å²) in [4.78, 5) is 23.4. The van der Waals surface area contributed by atoms with Crippen LogP contribution in [0, 0.1) is 5.92 Å². The molecule has 9 heteroatoms. The van der Waals surface area contributed by atoms with E-state index in [1.807, 2.05) is 11.8 Å². The Morgan fingerprint density at radius 1 is 1.32 bits per heavy atom. The fourth-order valence-electron chi connectivity index (χ4n) is 3.19. The van der Waals surface area contributed by atoms with Crippen LogP contribution in [0.15, 0.2) is 0 Å². The number of hydrogen-bond donors (Lipinski definition) is 3. The van der Waals surface area contributed by atoms with E-state index in [4.69, 9.17) is 0 Å². The molecule has 1 aromatic rings. The molecule has 3 unspecified atom stereocenters. The number of carbonyl (C=O) groups is 2. The average molecular weight is 384 g/mol. The van der Waals surface area contributed by atoms with Crippen molar-refractivity contribution in [2.75, 3.05) is 11.1 Å². The van der Waals surface area contributed by atoms with Gasteiger partial charge < -0.3 is 16.0 Å². The van der Waals surface area contributed by atoms with Crippen molar-refractivity contribution < 1.29 is 9.59 Å². The van der Waals surface area contributed by atoms with Crippen molar-refractivity contribution in [3.63, 3.8) is 0 Å². The molecule has 0 saturated carbocycles. The van der Waals surface area contributed by atoms with E-state index in [2.05, 4.69) is 40.0 Å². The number of aromatic nitrogens is 2. The van der Waals surface area contributed by atoms with Crippen molar-refractivity contribution in [3.05, 3.63) is 5.01 Å². The van der Waals surface area contributed by atoms with Gasteiger partial charge in [-0.15, -0.1) is 10.2 Å². The predicted molar refractivity (Wildman–Crippen MR) is 101 cm³/mol. The normalized spacial score (nSPS) is 24.9. The third-order valence-corrected chi connectivity index (χ3v) is 6.75. The van der Waals surface area contributed by atoms with Crippen LogP contribution in [0.2, 0.25) is 0 Å². The second-order valence-corrected chi connectivity index (χ2v) is 9.35. The van der Waals surface area contributed by atoms with E-state index >= 15 is 0 Å². The molecule has 3 rings (SSSR count). The lowest BCUT2D eigenvalue weighted by atomic mass is 10.0. The van der Waals surface area contributed by atoms with Crippen molar-refractivity contribution in [3.8, 4) is 0 Å². The van der Waals surface area contributed by atoms with E-state index in [0.29, 0.717) is 22.7 Å². The van der Waals surface area contributed by atoms with E-state index < -0.39 is 0 Å². The summed E-state index contributed by atoms with van der Waals surface area (Å²) in [5, 5.41) is 18.9. The minimum absolute atomic E-state index is 0.0000318. The number of carbonyl (C=O) groups excluding carboxylic acids is 2. The molecular formula is C16H25N5O2S2. The van der Waals surface area contributed by atoms with Crippen molar-refractivity contribution in [1.82, 2.24) is 20.8 Å². The Hall–Kier alpha value is -1.35. The summed E-state index contributed by atoms with van der Waals surface area (Å²) in [6.07, 6.45) is 4.24. The molecule has 7 nitrogen and oxygen atoms in total. The van der Waals surface area contributed by atoms with Gasteiger partial charge in [0.25, 0.3) is 0 Å². The van der Waals surface area contributed by atoms with Gasteiger partial charge in [0.2, 0.25) is 11.0 Å². The van der Waals surface area contributed by atoms with Gasteiger partial charge in [0.15, 0.2) is 0 Å². The smallest absolute Gasteiger partial charge is 0.315 e. The molecule has 3 N–H and O–H groups in total. The molecule has 2 saturated heterocycles. The van der Waals surface area contributed by atoms with Crippen molar-refractivity contribution in [1.29, 1.82) is 0 Å². The van der Waals surface area contributed by atoms with Gasteiger partial charge in [0, 0.05) is 23.8 Å². The molecule has 25 heavy (non-hydrogen) atoms. The molecule has 3 heterocycles. The number of anilines is 1. The number of fused-ring (bicyclic) bond motifs is 1. The maximum atomic E-state index is 12.0. The zero-order valence-electron chi connectivity index (χ0n) is 14.6.